The first-order valence-electron chi connectivity index (χ1n) is 8.37. The standard InChI is InChI=1S/C17H15F4N5O2/c1-9-4-14(26-16(24-9)22-8-23-26)25-15(11-6-27-7-11)10-2-3-13(12(18)5-10)28-17(19,20)21/h2-5,8,11,15,25H,6-7H2,1H3/t15-/m1/s1. The highest BCUT2D eigenvalue weighted by atomic mass is 19.4. The van der Waals surface area contributed by atoms with Crippen molar-refractivity contribution in [2.45, 2.75) is 19.3 Å². The van der Waals surface area contributed by atoms with Crippen molar-refractivity contribution < 1.29 is 27.0 Å². The zero-order valence-electron chi connectivity index (χ0n) is 14.6. The van der Waals surface area contributed by atoms with Gasteiger partial charge in [-0.15, -0.1) is 13.2 Å². The lowest BCUT2D eigenvalue weighted by Gasteiger charge is -2.35. The maximum atomic E-state index is 14.2. The summed E-state index contributed by atoms with van der Waals surface area (Å²) in [5, 5.41) is 7.38. The topological polar surface area (TPSA) is 73.6 Å². The van der Waals surface area contributed by atoms with E-state index in [4.69, 9.17) is 4.74 Å². The number of hydrogen-bond donors (Lipinski definition) is 1. The second-order valence-electron chi connectivity index (χ2n) is 6.41. The van der Waals surface area contributed by atoms with Gasteiger partial charge in [0, 0.05) is 17.7 Å². The molecule has 1 aliphatic rings. The molecular formula is C17H15F4N5O2. The summed E-state index contributed by atoms with van der Waals surface area (Å²) < 4.78 is 61.8. The summed E-state index contributed by atoms with van der Waals surface area (Å²) in [6.07, 6.45) is -3.60. The van der Waals surface area contributed by atoms with E-state index in [1.807, 2.05) is 0 Å². The maximum absolute atomic E-state index is 14.2. The first-order chi connectivity index (χ1) is 13.3. The molecule has 0 radical (unpaired) electrons. The van der Waals surface area contributed by atoms with Crippen LogP contribution >= 0.6 is 0 Å². The van der Waals surface area contributed by atoms with Crippen LogP contribution in [0.2, 0.25) is 0 Å². The van der Waals surface area contributed by atoms with Crippen LogP contribution in [0.25, 0.3) is 5.78 Å². The third-order valence-electron chi connectivity index (χ3n) is 4.36. The fourth-order valence-electron chi connectivity index (χ4n) is 3.03. The molecule has 2 aromatic heterocycles. The van der Waals surface area contributed by atoms with Gasteiger partial charge in [-0.3, -0.25) is 0 Å². The number of nitrogens with one attached hydrogen (secondary N) is 1. The van der Waals surface area contributed by atoms with Gasteiger partial charge in [-0.25, -0.2) is 9.37 Å². The Kier molecular flexibility index (Phi) is 4.53. The van der Waals surface area contributed by atoms with Gasteiger partial charge in [-0.05, 0) is 24.6 Å². The Balaban J connectivity index is 1.67. The normalized spacial score (nSPS) is 16.0. The van der Waals surface area contributed by atoms with E-state index in [0.717, 1.165) is 12.1 Å². The molecule has 148 valence electrons. The SMILES string of the molecule is Cc1cc(N[C@H](c2ccc(OC(F)(F)F)c(F)c2)C2COC2)n2ncnc2n1. The van der Waals surface area contributed by atoms with Crippen LogP contribution in [0.15, 0.2) is 30.6 Å². The summed E-state index contributed by atoms with van der Waals surface area (Å²) in [5.41, 5.74) is 1.16. The summed E-state index contributed by atoms with van der Waals surface area (Å²) in [7, 11) is 0. The van der Waals surface area contributed by atoms with Crippen LogP contribution < -0.4 is 10.1 Å². The van der Waals surface area contributed by atoms with Crippen LogP contribution in [0, 0.1) is 18.7 Å². The second-order valence-corrected chi connectivity index (χ2v) is 6.41. The van der Waals surface area contributed by atoms with E-state index in [9.17, 15) is 17.6 Å². The molecule has 1 aromatic carbocycles. The Morgan fingerprint density at radius 3 is 2.71 bits per heavy atom. The summed E-state index contributed by atoms with van der Waals surface area (Å²) >= 11 is 0. The van der Waals surface area contributed by atoms with Gasteiger partial charge in [0.1, 0.15) is 12.1 Å². The van der Waals surface area contributed by atoms with Gasteiger partial charge in [0.25, 0.3) is 5.78 Å². The number of fused-ring (bicyclic) bond motifs is 1. The van der Waals surface area contributed by atoms with Crippen LogP contribution in [0.3, 0.4) is 0 Å². The maximum Gasteiger partial charge on any atom is 0.573 e. The zero-order valence-corrected chi connectivity index (χ0v) is 14.6. The number of ether oxygens (including phenoxy) is 2. The summed E-state index contributed by atoms with van der Waals surface area (Å²) in [4.78, 5) is 8.31. The predicted octanol–water partition coefficient (Wildman–Crippen LogP) is 3.27. The first-order valence-corrected chi connectivity index (χ1v) is 8.37. The number of benzene rings is 1. The third-order valence-corrected chi connectivity index (χ3v) is 4.36. The van der Waals surface area contributed by atoms with Crippen molar-refractivity contribution in [1.82, 2.24) is 19.6 Å². The molecule has 7 nitrogen and oxygen atoms in total. The van der Waals surface area contributed by atoms with E-state index in [-0.39, 0.29) is 5.92 Å². The highest BCUT2D eigenvalue weighted by Gasteiger charge is 2.34. The van der Waals surface area contributed by atoms with Crippen molar-refractivity contribution in [2.24, 2.45) is 5.92 Å². The highest BCUT2D eigenvalue weighted by molar-refractivity contribution is 5.47. The molecule has 11 heteroatoms. The van der Waals surface area contributed by atoms with Gasteiger partial charge in [-0.2, -0.15) is 14.6 Å². The van der Waals surface area contributed by atoms with E-state index in [1.165, 1.54) is 16.9 Å². The number of hydrogen-bond acceptors (Lipinski definition) is 6. The Hall–Kier alpha value is -2.95. The van der Waals surface area contributed by atoms with Crippen molar-refractivity contribution in [3.63, 3.8) is 0 Å². The number of halogens is 4. The number of aryl methyl sites for hydroxylation is 1. The van der Waals surface area contributed by atoms with Gasteiger partial charge < -0.3 is 14.8 Å². The molecule has 1 aliphatic heterocycles. The number of aromatic nitrogens is 4. The Bertz CT molecular complexity index is 1000. The fourth-order valence-corrected chi connectivity index (χ4v) is 3.03. The number of nitrogens with zero attached hydrogens (tertiary/aromatic N) is 4. The number of alkyl halides is 3. The van der Waals surface area contributed by atoms with Gasteiger partial charge in [-0.1, -0.05) is 6.07 Å². The molecule has 3 aromatic rings. The lowest BCUT2D eigenvalue weighted by molar-refractivity contribution is -0.275. The minimum absolute atomic E-state index is 0.000766. The van der Waals surface area contributed by atoms with Crippen LogP contribution in [-0.2, 0) is 4.74 Å². The van der Waals surface area contributed by atoms with Crippen LogP contribution in [-0.4, -0.2) is 39.2 Å². The first kappa shape index (κ1) is 18.4. The largest absolute Gasteiger partial charge is 0.573 e. The lowest BCUT2D eigenvalue weighted by atomic mass is 9.91. The minimum Gasteiger partial charge on any atom is -0.403 e. The van der Waals surface area contributed by atoms with E-state index < -0.39 is 24.0 Å². The van der Waals surface area contributed by atoms with Crippen molar-refractivity contribution in [1.29, 1.82) is 0 Å². The predicted molar refractivity (Wildman–Crippen MR) is 89.3 cm³/mol. The Labute approximate surface area is 156 Å². The van der Waals surface area contributed by atoms with E-state index in [0.29, 0.717) is 36.1 Å². The molecule has 0 spiro atoms. The van der Waals surface area contributed by atoms with Crippen molar-refractivity contribution in [3.05, 3.63) is 47.7 Å². The lowest BCUT2D eigenvalue weighted by Crippen LogP contribution is -2.37. The molecule has 0 aliphatic carbocycles. The molecule has 28 heavy (non-hydrogen) atoms. The average molecular weight is 397 g/mol. The zero-order chi connectivity index (χ0) is 19.9. The van der Waals surface area contributed by atoms with E-state index in [1.54, 1.807) is 13.0 Å². The monoisotopic (exact) mass is 397 g/mol. The molecule has 1 atom stereocenters. The number of rotatable bonds is 5. The van der Waals surface area contributed by atoms with Crippen LogP contribution in [0.4, 0.5) is 23.4 Å². The van der Waals surface area contributed by atoms with Crippen LogP contribution in [0.5, 0.6) is 5.75 Å². The summed E-state index contributed by atoms with van der Waals surface area (Å²) in [5.74, 6) is -1.00. The Morgan fingerprint density at radius 1 is 1.29 bits per heavy atom. The molecular weight excluding hydrogens is 382 g/mol. The third kappa shape index (κ3) is 3.70. The van der Waals surface area contributed by atoms with Gasteiger partial charge >= 0.3 is 6.36 Å². The molecule has 4 rings (SSSR count). The van der Waals surface area contributed by atoms with Gasteiger partial charge in [0.2, 0.25) is 0 Å². The molecule has 1 N–H and O–H groups in total. The van der Waals surface area contributed by atoms with Crippen molar-refractivity contribution in [3.8, 4) is 5.75 Å². The highest BCUT2D eigenvalue weighted by Crippen LogP contribution is 2.34. The smallest absolute Gasteiger partial charge is 0.403 e. The quantitative estimate of drug-likeness (QED) is 0.667. The number of anilines is 1. The van der Waals surface area contributed by atoms with E-state index >= 15 is 0 Å². The molecule has 0 unspecified atom stereocenters. The molecule has 3 heterocycles. The van der Waals surface area contributed by atoms with Crippen LogP contribution in [0.1, 0.15) is 17.3 Å². The van der Waals surface area contributed by atoms with Crippen molar-refractivity contribution >= 4 is 11.6 Å². The van der Waals surface area contributed by atoms with Crippen molar-refractivity contribution in [2.75, 3.05) is 18.5 Å². The van der Waals surface area contributed by atoms with Gasteiger partial charge in [0.05, 0.1) is 19.3 Å². The second kappa shape index (κ2) is 6.89. The van der Waals surface area contributed by atoms with E-state index in [2.05, 4.69) is 25.1 Å². The average Bonchev–Trinajstić information content (AvgIpc) is 3.01. The Morgan fingerprint density at radius 2 is 2.07 bits per heavy atom. The molecule has 0 bridgehead atoms. The van der Waals surface area contributed by atoms with Gasteiger partial charge in [0.15, 0.2) is 11.6 Å². The molecule has 0 amide bonds. The fraction of sp³-hybridized carbons (Fsp3) is 0.353. The molecule has 1 saturated heterocycles. The molecule has 0 saturated carbocycles. The summed E-state index contributed by atoms with van der Waals surface area (Å²) in [6.45, 7) is 2.67. The summed E-state index contributed by atoms with van der Waals surface area (Å²) in [6, 6.07) is 4.73. The minimum atomic E-state index is -4.96. The molecule has 1 fully saturated rings.